The van der Waals surface area contributed by atoms with Crippen LogP contribution in [0.4, 0.5) is 4.39 Å². The number of hydrogen-bond acceptors (Lipinski definition) is 2. The number of rotatable bonds is 4. The van der Waals surface area contributed by atoms with E-state index in [0.29, 0.717) is 16.3 Å². The van der Waals surface area contributed by atoms with Gasteiger partial charge in [0.2, 0.25) is 0 Å². The average molecular weight is 296 g/mol. The lowest BCUT2D eigenvalue weighted by molar-refractivity contribution is 0.623. The van der Waals surface area contributed by atoms with Gasteiger partial charge in [0.15, 0.2) is 0 Å². The molecule has 2 rings (SSSR count). The summed E-state index contributed by atoms with van der Waals surface area (Å²) in [4.78, 5) is 1.19. The Bertz CT molecular complexity index is 574. The third-order valence-corrected chi connectivity index (χ3v) is 4.51. The van der Waals surface area contributed by atoms with E-state index in [9.17, 15) is 4.39 Å². The first-order chi connectivity index (χ1) is 9.08. The molecule has 1 nitrogen and oxygen atoms in total. The van der Waals surface area contributed by atoms with Gasteiger partial charge in [-0.3, -0.25) is 0 Å². The van der Waals surface area contributed by atoms with Gasteiger partial charge >= 0.3 is 0 Å². The summed E-state index contributed by atoms with van der Waals surface area (Å²) in [6.45, 7) is 2.06. The molecule has 0 saturated heterocycles. The van der Waals surface area contributed by atoms with Gasteiger partial charge in [-0.05, 0) is 42.3 Å². The van der Waals surface area contributed by atoms with Gasteiger partial charge in [0.1, 0.15) is 5.82 Å². The van der Waals surface area contributed by atoms with Crippen LogP contribution in [0, 0.1) is 12.7 Å². The summed E-state index contributed by atoms with van der Waals surface area (Å²) < 4.78 is 13.2. The second-order valence-corrected chi connectivity index (χ2v) is 5.82. The Kier molecular flexibility index (Phi) is 4.86. The zero-order valence-corrected chi connectivity index (χ0v) is 12.1. The Hall–Kier alpha value is -1.03. The Labute approximate surface area is 122 Å². The maximum Gasteiger partial charge on any atom is 0.123 e. The minimum absolute atomic E-state index is 0.284. The van der Waals surface area contributed by atoms with Crippen LogP contribution < -0.4 is 5.73 Å². The third kappa shape index (κ3) is 3.72. The number of benzene rings is 2. The smallest absolute Gasteiger partial charge is 0.123 e. The van der Waals surface area contributed by atoms with E-state index in [0.717, 1.165) is 0 Å². The molecule has 0 bridgehead atoms. The molecule has 100 valence electrons. The van der Waals surface area contributed by atoms with Crippen molar-refractivity contribution in [2.75, 3.05) is 5.75 Å². The summed E-state index contributed by atoms with van der Waals surface area (Å²) in [6, 6.07) is 12.1. The van der Waals surface area contributed by atoms with E-state index in [4.69, 9.17) is 17.3 Å². The van der Waals surface area contributed by atoms with Crippen molar-refractivity contribution in [3.05, 3.63) is 64.4 Å². The van der Waals surface area contributed by atoms with E-state index in [2.05, 4.69) is 19.1 Å². The van der Waals surface area contributed by atoms with Crippen molar-refractivity contribution in [1.29, 1.82) is 0 Å². The topological polar surface area (TPSA) is 26.0 Å². The molecule has 2 aromatic carbocycles. The van der Waals surface area contributed by atoms with E-state index < -0.39 is 0 Å². The predicted octanol–water partition coefficient (Wildman–Crippen LogP) is 4.58. The second-order valence-electron chi connectivity index (χ2n) is 4.35. The van der Waals surface area contributed by atoms with Crippen molar-refractivity contribution in [3.8, 4) is 0 Å². The standard InChI is InChI=1S/C15H15ClFNS/c1-10-4-2-3-5-15(10)19-9-14(18)12-8-11(17)6-7-13(12)16/h2-8,14H,9,18H2,1H3. The van der Waals surface area contributed by atoms with Crippen LogP contribution in [0.5, 0.6) is 0 Å². The molecule has 4 heteroatoms. The second kappa shape index (κ2) is 6.42. The van der Waals surface area contributed by atoms with Crippen molar-refractivity contribution >= 4 is 23.4 Å². The molecule has 0 fully saturated rings. The van der Waals surface area contributed by atoms with Gasteiger partial charge in [-0.15, -0.1) is 11.8 Å². The highest BCUT2D eigenvalue weighted by Gasteiger charge is 2.12. The molecule has 0 aliphatic rings. The van der Waals surface area contributed by atoms with Crippen LogP contribution in [0.1, 0.15) is 17.2 Å². The monoisotopic (exact) mass is 295 g/mol. The van der Waals surface area contributed by atoms with E-state index in [-0.39, 0.29) is 11.9 Å². The predicted molar refractivity (Wildman–Crippen MR) is 80.2 cm³/mol. The highest BCUT2D eigenvalue weighted by molar-refractivity contribution is 7.99. The summed E-state index contributed by atoms with van der Waals surface area (Å²) in [6.07, 6.45) is 0. The lowest BCUT2D eigenvalue weighted by Crippen LogP contribution is -2.13. The Morgan fingerprint density at radius 2 is 2.00 bits per heavy atom. The number of hydrogen-bond donors (Lipinski definition) is 1. The first-order valence-electron chi connectivity index (χ1n) is 5.97. The number of nitrogens with two attached hydrogens (primary N) is 1. The molecular weight excluding hydrogens is 281 g/mol. The van der Waals surface area contributed by atoms with Crippen LogP contribution in [-0.4, -0.2) is 5.75 Å². The molecule has 0 aliphatic heterocycles. The highest BCUT2D eigenvalue weighted by Crippen LogP contribution is 2.29. The van der Waals surface area contributed by atoms with Crippen molar-refractivity contribution in [2.45, 2.75) is 17.9 Å². The molecule has 2 N–H and O–H groups in total. The van der Waals surface area contributed by atoms with Crippen molar-refractivity contribution < 1.29 is 4.39 Å². The largest absolute Gasteiger partial charge is 0.323 e. The van der Waals surface area contributed by atoms with Gasteiger partial charge in [-0.25, -0.2) is 4.39 Å². The zero-order chi connectivity index (χ0) is 13.8. The van der Waals surface area contributed by atoms with Crippen molar-refractivity contribution in [2.24, 2.45) is 5.73 Å². The SMILES string of the molecule is Cc1ccccc1SCC(N)c1cc(F)ccc1Cl. The van der Waals surface area contributed by atoms with Crippen LogP contribution in [0.3, 0.4) is 0 Å². The summed E-state index contributed by atoms with van der Waals surface area (Å²) in [5.74, 6) is 0.351. The molecule has 0 saturated carbocycles. The van der Waals surface area contributed by atoms with Gasteiger partial charge in [0.05, 0.1) is 0 Å². The minimum atomic E-state index is -0.309. The van der Waals surface area contributed by atoms with E-state index >= 15 is 0 Å². The van der Waals surface area contributed by atoms with E-state index in [1.165, 1.54) is 22.6 Å². The van der Waals surface area contributed by atoms with E-state index in [1.807, 2.05) is 12.1 Å². The molecule has 0 spiro atoms. The fourth-order valence-corrected chi connectivity index (χ4v) is 3.05. The number of thioether (sulfide) groups is 1. The zero-order valence-electron chi connectivity index (χ0n) is 10.6. The maximum absolute atomic E-state index is 13.2. The van der Waals surface area contributed by atoms with Gasteiger partial charge in [0, 0.05) is 21.7 Å². The number of aryl methyl sites for hydroxylation is 1. The van der Waals surface area contributed by atoms with Gasteiger partial charge in [0.25, 0.3) is 0 Å². The molecule has 1 unspecified atom stereocenters. The Morgan fingerprint density at radius 1 is 1.26 bits per heavy atom. The molecule has 0 heterocycles. The number of halogens is 2. The summed E-state index contributed by atoms with van der Waals surface area (Å²) >= 11 is 7.71. The first kappa shape index (κ1) is 14.4. The lowest BCUT2D eigenvalue weighted by Gasteiger charge is -2.14. The molecular formula is C15H15ClFNS. The van der Waals surface area contributed by atoms with E-state index in [1.54, 1.807) is 17.8 Å². The van der Waals surface area contributed by atoms with Gasteiger partial charge in [-0.1, -0.05) is 29.8 Å². The van der Waals surface area contributed by atoms with Gasteiger partial charge < -0.3 is 5.73 Å². The van der Waals surface area contributed by atoms with Gasteiger partial charge in [-0.2, -0.15) is 0 Å². The fourth-order valence-electron chi connectivity index (χ4n) is 1.79. The molecule has 2 aromatic rings. The molecule has 19 heavy (non-hydrogen) atoms. The Morgan fingerprint density at radius 3 is 2.74 bits per heavy atom. The average Bonchev–Trinajstić information content (AvgIpc) is 2.40. The summed E-state index contributed by atoms with van der Waals surface area (Å²) in [5, 5.41) is 0.513. The lowest BCUT2D eigenvalue weighted by atomic mass is 10.1. The Balaban J connectivity index is 2.07. The summed E-state index contributed by atoms with van der Waals surface area (Å²) in [7, 11) is 0. The van der Waals surface area contributed by atoms with Crippen molar-refractivity contribution in [3.63, 3.8) is 0 Å². The normalized spacial score (nSPS) is 12.4. The molecule has 0 amide bonds. The summed E-state index contributed by atoms with van der Waals surface area (Å²) in [5.41, 5.74) is 7.96. The van der Waals surface area contributed by atoms with Crippen molar-refractivity contribution in [1.82, 2.24) is 0 Å². The fraction of sp³-hybridized carbons (Fsp3) is 0.200. The highest BCUT2D eigenvalue weighted by atomic mass is 35.5. The first-order valence-corrected chi connectivity index (χ1v) is 7.33. The molecule has 1 atom stereocenters. The van der Waals surface area contributed by atoms with Crippen LogP contribution in [-0.2, 0) is 0 Å². The van der Waals surface area contributed by atoms with Crippen LogP contribution in [0.2, 0.25) is 5.02 Å². The molecule has 0 aliphatic carbocycles. The quantitative estimate of drug-likeness (QED) is 0.836. The molecule has 0 radical (unpaired) electrons. The van der Waals surface area contributed by atoms with Crippen LogP contribution in [0.25, 0.3) is 0 Å². The minimum Gasteiger partial charge on any atom is -0.323 e. The molecule has 0 aromatic heterocycles. The third-order valence-electron chi connectivity index (χ3n) is 2.87. The maximum atomic E-state index is 13.2. The van der Waals surface area contributed by atoms with Crippen LogP contribution in [0.15, 0.2) is 47.4 Å². The van der Waals surface area contributed by atoms with Crippen LogP contribution >= 0.6 is 23.4 Å².